The molecular weight excluding hydrogens is 300 g/mol. The molecule has 0 aromatic heterocycles. The van der Waals surface area contributed by atoms with Gasteiger partial charge in [0, 0.05) is 20.8 Å². The summed E-state index contributed by atoms with van der Waals surface area (Å²) < 4.78 is 21.3. The van der Waals surface area contributed by atoms with Crippen LogP contribution in [0.3, 0.4) is 0 Å². The Kier molecular flexibility index (Phi) is 6.47. The lowest BCUT2D eigenvalue weighted by atomic mass is 10.00. The quantitative estimate of drug-likeness (QED) is 0.557. The molecular formula is C13H20O7S. The summed E-state index contributed by atoms with van der Waals surface area (Å²) in [7, 11) is 0. The first-order valence-electron chi connectivity index (χ1n) is 6.46. The first-order valence-corrected chi connectivity index (χ1v) is 7.75. The van der Waals surface area contributed by atoms with E-state index in [1.807, 2.05) is 0 Å². The van der Waals surface area contributed by atoms with Crippen molar-refractivity contribution in [1.29, 1.82) is 0 Å². The largest absolute Gasteiger partial charge is 0.456 e. The minimum Gasteiger partial charge on any atom is -0.456 e. The molecule has 21 heavy (non-hydrogen) atoms. The predicted molar refractivity (Wildman–Crippen MR) is 74.5 cm³/mol. The Bertz CT molecular complexity index is 411. The molecule has 7 nitrogen and oxygen atoms in total. The number of ether oxygens (including phenoxy) is 4. The van der Waals surface area contributed by atoms with E-state index in [1.165, 1.54) is 32.5 Å². The summed E-state index contributed by atoms with van der Waals surface area (Å²) in [5.41, 5.74) is -0.514. The Labute approximate surface area is 127 Å². The summed E-state index contributed by atoms with van der Waals surface area (Å²) in [4.78, 5) is 33.8. The zero-order valence-electron chi connectivity index (χ0n) is 12.7. The van der Waals surface area contributed by atoms with Crippen LogP contribution in [0.15, 0.2) is 0 Å². The topological polar surface area (TPSA) is 88.1 Å². The third-order valence-corrected chi connectivity index (χ3v) is 3.71. The van der Waals surface area contributed by atoms with Gasteiger partial charge in [0.25, 0.3) is 0 Å². The van der Waals surface area contributed by atoms with E-state index in [-0.39, 0.29) is 0 Å². The normalized spacial score (nSPS) is 32.1. The van der Waals surface area contributed by atoms with Crippen molar-refractivity contribution < 1.29 is 33.3 Å². The van der Waals surface area contributed by atoms with E-state index in [0.29, 0.717) is 0 Å². The van der Waals surface area contributed by atoms with Crippen molar-refractivity contribution in [1.82, 2.24) is 0 Å². The van der Waals surface area contributed by atoms with Crippen molar-refractivity contribution in [2.24, 2.45) is 0 Å². The fourth-order valence-corrected chi connectivity index (χ4v) is 2.92. The highest BCUT2D eigenvalue weighted by atomic mass is 32.2. The zero-order chi connectivity index (χ0) is 16.2. The monoisotopic (exact) mass is 320 g/mol. The zero-order valence-corrected chi connectivity index (χ0v) is 13.5. The molecule has 0 bridgehead atoms. The highest BCUT2D eigenvalue weighted by Crippen LogP contribution is 2.32. The molecule has 0 saturated carbocycles. The number of hydrogen-bond acceptors (Lipinski definition) is 8. The van der Waals surface area contributed by atoms with Crippen LogP contribution in [0.5, 0.6) is 0 Å². The third-order valence-electron chi connectivity index (χ3n) is 2.87. The fraction of sp³-hybridized carbons (Fsp3) is 0.769. The summed E-state index contributed by atoms with van der Waals surface area (Å²) in [5, 5.41) is 0. The number of carbonyl (C=O) groups excluding carboxylic acids is 3. The second-order valence-corrected chi connectivity index (χ2v) is 5.60. The molecule has 0 aromatic rings. The van der Waals surface area contributed by atoms with Gasteiger partial charge in [0.05, 0.1) is 6.10 Å². The van der Waals surface area contributed by atoms with Crippen LogP contribution in [0, 0.1) is 0 Å². The van der Waals surface area contributed by atoms with E-state index in [9.17, 15) is 14.4 Å². The average molecular weight is 320 g/mol. The molecule has 5 atom stereocenters. The molecule has 0 aromatic carbocycles. The smallest absolute Gasteiger partial charge is 0.303 e. The minimum absolute atomic E-state index is 0.498. The maximum atomic E-state index is 11.3. The SMILES string of the molecule is CS[C@H]1O[C@@H](C)[C@H](OC(C)=O)[C@@H](OC(C)=O)[C@H]1OC(C)=O. The molecule has 0 spiro atoms. The number of esters is 3. The maximum Gasteiger partial charge on any atom is 0.303 e. The number of hydrogen-bond donors (Lipinski definition) is 0. The summed E-state index contributed by atoms with van der Waals surface area (Å²) >= 11 is 1.32. The van der Waals surface area contributed by atoms with Crippen LogP contribution in [0.2, 0.25) is 0 Å². The second-order valence-electron chi connectivity index (χ2n) is 4.67. The highest BCUT2D eigenvalue weighted by Gasteiger charge is 2.49. The van der Waals surface area contributed by atoms with Crippen molar-refractivity contribution in [3.8, 4) is 0 Å². The molecule has 1 rings (SSSR count). The minimum atomic E-state index is -0.906. The van der Waals surface area contributed by atoms with Gasteiger partial charge in [-0.15, -0.1) is 11.8 Å². The lowest BCUT2D eigenvalue weighted by Crippen LogP contribution is -2.59. The van der Waals surface area contributed by atoms with Gasteiger partial charge in [-0.25, -0.2) is 0 Å². The summed E-state index contributed by atoms with van der Waals surface area (Å²) in [6, 6.07) is 0. The first kappa shape index (κ1) is 17.8. The van der Waals surface area contributed by atoms with Crippen molar-refractivity contribution in [3.63, 3.8) is 0 Å². The van der Waals surface area contributed by atoms with E-state index in [1.54, 1.807) is 13.2 Å². The van der Waals surface area contributed by atoms with Crippen LogP contribution in [0.1, 0.15) is 27.7 Å². The van der Waals surface area contributed by atoms with Gasteiger partial charge in [0.1, 0.15) is 5.44 Å². The molecule has 1 heterocycles. The van der Waals surface area contributed by atoms with Gasteiger partial charge < -0.3 is 18.9 Å². The van der Waals surface area contributed by atoms with E-state index in [0.717, 1.165) is 0 Å². The Hall–Kier alpha value is -1.28. The first-order chi connectivity index (χ1) is 9.76. The van der Waals surface area contributed by atoms with Gasteiger partial charge in [-0.1, -0.05) is 0 Å². The van der Waals surface area contributed by atoms with Crippen molar-refractivity contribution in [2.45, 2.75) is 57.5 Å². The van der Waals surface area contributed by atoms with Crippen LogP contribution < -0.4 is 0 Å². The highest BCUT2D eigenvalue weighted by molar-refractivity contribution is 7.99. The molecule has 1 aliphatic heterocycles. The third kappa shape index (κ3) is 4.89. The van der Waals surface area contributed by atoms with E-state index in [4.69, 9.17) is 18.9 Å². The van der Waals surface area contributed by atoms with Crippen LogP contribution in [0.25, 0.3) is 0 Å². The number of carbonyl (C=O) groups is 3. The Morgan fingerprint density at radius 2 is 1.29 bits per heavy atom. The molecule has 1 aliphatic rings. The molecule has 1 fully saturated rings. The van der Waals surface area contributed by atoms with Crippen LogP contribution in [-0.2, 0) is 33.3 Å². The molecule has 0 aliphatic carbocycles. The average Bonchev–Trinajstić information content (AvgIpc) is 2.35. The Morgan fingerprint density at radius 3 is 1.71 bits per heavy atom. The van der Waals surface area contributed by atoms with Crippen LogP contribution in [-0.4, -0.2) is 54.0 Å². The summed E-state index contributed by atoms with van der Waals surface area (Å²) in [5.74, 6) is -1.61. The van der Waals surface area contributed by atoms with E-state index >= 15 is 0 Å². The molecule has 0 N–H and O–H groups in total. The Morgan fingerprint density at radius 1 is 0.857 bits per heavy atom. The van der Waals surface area contributed by atoms with Gasteiger partial charge in [-0.2, -0.15) is 0 Å². The van der Waals surface area contributed by atoms with Crippen molar-refractivity contribution in [2.75, 3.05) is 6.26 Å². The number of rotatable bonds is 4. The van der Waals surface area contributed by atoms with Gasteiger partial charge >= 0.3 is 17.9 Å². The predicted octanol–water partition coefficient (Wildman–Crippen LogP) is 0.889. The van der Waals surface area contributed by atoms with Gasteiger partial charge in [-0.05, 0) is 13.2 Å². The molecule has 0 radical (unpaired) electrons. The molecule has 8 heteroatoms. The molecule has 120 valence electrons. The van der Waals surface area contributed by atoms with Crippen LogP contribution >= 0.6 is 11.8 Å². The van der Waals surface area contributed by atoms with Crippen LogP contribution in [0.4, 0.5) is 0 Å². The molecule has 1 saturated heterocycles. The maximum absolute atomic E-state index is 11.3. The second kappa shape index (κ2) is 7.65. The lowest BCUT2D eigenvalue weighted by Gasteiger charge is -2.43. The van der Waals surface area contributed by atoms with Gasteiger partial charge in [0.2, 0.25) is 0 Å². The van der Waals surface area contributed by atoms with Gasteiger partial charge in [0.15, 0.2) is 18.3 Å². The summed E-state index contributed by atoms with van der Waals surface area (Å²) in [6.07, 6.45) is -1.30. The van der Waals surface area contributed by atoms with Gasteiger partial charge in [-0.3, -0.25) is 14.4 Å². The van der Waals surface area contributed by atoms with Crippen molar-refractivity contribution in [3.05, 3.63) is 0 Å². The van der Waals surface area contributed by atoms with E-state index in [2.05, 4.69) is 0 Å². The van der Waals surface area contributed by atoms with E-state index < -0.39 is 47.8 Å². The standard InChI is InChI=1S/C13H20O7S/c1-6-10(18-7(2)14)11(19-8(3)15)12(20-9(4)16)13(17-6)21-5/h6,10-13H,1-5H3/t6-,10-,11+,12+,13+/m0/s1. The van der Waals surface area contributed by atoms with Crippen molar-refractivity contribution >= 4 is 29.7 Å². The Balaban J connectivity index is 3.08. The summed E-state index contributed by atoms with van der Waals surface area (Å²) in [6.45, 7) is 5.45. The molecule has 0 amide bonds. The molecule has 0 unspecified atom stereocenters. The fourth-order valence-electron chi connectivity index (χ4n) is 2.16. The number of thioether (sulfide) groups is 1. The lowest BCUT2D eigenvalue weighted by molar-refractivity contribution is -0.228.